The lowest BCUT2D eigenvalue weighted by molar-refractivity contribution is -0.0510. The highest BCUT2D eigenvalue weighted by atomic mass is 32.2. The summed E-state index contributed by atoms with van der Waals surface area (Å²) in [6, 6.07) is 23.5. The van der Waals surface area contributed by atoms with E-state index >= 15 is 0 Å². The number of phenols is 1. The average molecular weight is 487 g/mol. The summed E-state index contributed by atoms with van der Waals surface area (Å²) in [5.74, 6) is 0.437. The smallest absolute Gasteiger partial charge is 0.507 e. The quantitative estimate of drug-likeness (QED) is 0.202. The minimum Gasteiger partial charge on any atom is -0.507 e. The summed E-state index contributed by atoms with van der Waals surface area (Å²) in [4.78, 5) is 0. The molecule has 0 heterocycles. The van der Waals surface area contributed by atoms with Gasteiger partial charge in [-0.05, 0) is 70.0 Å². The van der Waals surface area contributed by atoms with Crippen molar-refractivity contribution in [1.29, 1.82) is 0 Å². The lowest BCUT2D eigenvalue weighted by atomic mass is 9.86. The van der Waals surface area contributed by atoms with Gasteiger partial charge in [-0.1, -0.05) is 66.7 Å². The van der Waals surface area contributed by atoms with Crippen LogP contribution in [0.1, 0.15) is 22.3 Å². The number of hydrogen-bond donors (Lipinski definition) is 2. The summed E-state index contributed by atoms with van der Waals surface area (Å²) in [6.45, 7) is 4.16. The lowest BCUT2D eigenvalue weighted by Crippen LogP contribution is -2.21. The van der Waals surface area contributed by atoms with Crippen LogP contribution >= 0.6 is 0 Å². The monoisotopic (exact) mass is 486 g/mol. The molecule has 4 aromatic rings. The van der Waals surface area contributed by atoms with Crippen molar-refractivity contribution in [1.82, 2.24) is 0 Å². The maximum Gasteiger partial charge on any atom is 0.522 e. The fourth-order valence-corrected chi connectivity index (χ4v) is 4.43. The Morgan fingerprint density at radius 2 is 1.35 bits per heavy atom. The van der Waals surface area contributed by atoms with E-state index in [1.165, 1.54) is 44.2 Å². The molecule has 0 atom stereocenters. The van der Waals surface area contributed by atoms with E-state index in [1.807, 2.05) is 6.92 Å². The zero-order chi connectivity index (χ0) is 24.8. The van der Waals surface area contributed by atoms with Crippen LogP contribution in [0, 0.1) is 13.8 Å². The van der Waals surface area contributed by atoms with Crippen LogP contribution in [0.25, 0.3) is 33.0 Å². The van der Waals surface area contributed by atoms with E-state index in [0.717, 1.165) is 17.5 Å². The summed E-state index contributed by atoms with van der Waals surface area (Å²) in [7, 11) is -5.84. The first kappa shape index (κ1) is 23.8. The topological polar surface area (TPSA) is 74.6 Å². The molecule has 4 nitrogen and oxygen atoms in total. The summed E-state index contributed by atoms with van der Waals surface area (Å²) >= 11 is 0. The summed E-state index contributed by atoms with van der Waals surface area (Å²) < 4.78 is 57.5. The molecule has 34 heavy (non-hydrogen) atoms. The number of benzene rings is 4. The Balaban J connectivity index is 0.000000297. The zero-order valence-corrected chi connectivity index (χ0v) is 19.1. The minimum atomic E-state index is -5.84. The number of alkyl halides is 3. The number of fused-ring (bicyclic) bond motifs is 4. The maximum atomic E-state index is 10.9. The zero-order valence-electron chi connectivity index (χ0n) is 18.3. The van der Waals surface area contributed by atoms with Gasteiger partial charge < -0.3 is 5.11 Å². The molecule has 0 aromatic heterocycles. The number of halogens is 3. The third kappa shape index (κ3) is 4.03. The summed E-state index contributed by atoms with van der Waals surface area (Å²) in [5, 5.41) is 13.4. The van der Waals surface area contributed by atoms with Crippen LogP contribution in [0.2, 0.25) is 0 Å². The van der Waals surface area contributed by atoms with E-state index in [2.05, 4.69) is 73.7 Å². The van der Waals surface area contributed by atoms with Crippen molar-refractivity contribution in [3.63, 3.8) is 0 Å². The van der Waals surface area contributed by atoms with Gasteiger partial charge in [-0.15, -0.1) is 0 Å². The second kappa shape index (κ2) is 8.45. The first-order valence-corrected chi connectivity index (χ1v) is 11.8. The van der Waals surface area contributed by atoms with E-state index in [0.29, 0.717) is 5.75 Å². The van der Waals surface area contributed by atoms with E-state index in [-0.39, 0.29) is 0 Å². The van der Waals surface area contributed by atoms with Gasteiger partial charge in [0, 0.05) is 5.56 Å². The number of rotatable bonds is 1. The molecule has 8 heteroatoms. The highest BCUT2D eigenvalue weighted by Gasteiger charge is 2.44. The van der Waals surface area contributed by atoms with Crippen LogP contribution in [-0.2, 0) is 16.5 Å². The molecule has 0 radical (unpaired) electrons. The van der Waals surface area contributed by atoms with E-state index in [4.69, 9.17) is 13.0 Å². The maximum absolute atomic E-state index is 10.9. The molecule has 0 fully saturated rings. The van der Waals surface area contributed by atoms with Crippen LogP contribution in [0.15, 0.2) is 66.7 Å². The van der Waals surface area contributed by atoms with Crippen molar-refractivity contribution < 1.29 is 31.2 Å². The van der Waals surface area contributed by atoms with Crippen molar-refractivity contribution in [3.8, 4) is 28.0 Å². The number of phenolic OH excluding ortho intramolecular Hbond substituents is 1. The van der Waals surface area contributed by atoms with E-state index in [9.17, 15) is 18.3 Å². The Bertz CT molecular complexity index is 1520. The molecule has 176 valence electrons. The van der Waals surface area contributed by atoms with Crippen molar-refractivity contribution >= 4 is 20.9 Å². The SMILES string of the molecule is Cc1c(C)c(-c2cccc3ccccc23)c2c(c1O)-c1ccccc1C2.O=S(=O)(O)C(F)(F)F. The second-order valence-electron chi connectivity index (χ2n) is 8.11. The third-order valence-corrected chi connectivity index (χ3v) is 6.72. The highest BCUT2D eigenvalue weighted by Crippen LogP contribution is 2.50. The molecular weight excluding hydrogens is 465 g/mol. The van der Waals surface area contributed by atoms with E-state index < -0.39 is 15.6 Å². The third-order valence-electron chi connectivity index (χ3n) is 6.14. The molecule has 0 spiro atoms. The predicted octanol–water partition coefficient (Wildman–Crippen LogP) is 6.79. The van der Waals surface area contributed by atoms with Crippen molar-refractivity contribution in [3.05, 3.63) is 89.0 Å². The fraction of sp³-hybridized carbons (Fsp3) is 0.154. The molecule has 0 saturated carbocycles. The van der Waals surface area contributed by atoms with Crippen LogP contribution < -0.4 is 0 Å². The van der Waals surface area contributed by atoms with Crippen LogP contribution in [0.4, 0.5) is 13.2 Å². The molecule has 5 rings (SSSR count). The normalized spacial score (nSPS) is 12.6. The molecule has 1 aliphatic rings. The Kier molecular flexibility index (Phi) is 5.91. The van der Waals surface area contributed by atoms with Gasteiger partial charge >= 0.3 is 15.6 Å². The molecule has 0 amide bonds. The van der Waals surface area contributed by atoms with Gasteiger partial charge in [-0.25, -0.2) is 0 Å². The standard InChI is InChI=1S/C25H20O.CHF3O3S/c1-15-16(2)25(26)24-20-12-6-4-9-18(20)14-22(24)23(15)21-13-7-10-17-8-3-5-11-19(17)21;2-1(3,4)8(5,6)7/h3-13,26H,14H2,1-2H3;(H,5,6,7). The lowest BCUT2D eigenvalue weighted by Gasteiger charge is -2.19. The van der Waals surface area contributed by atoms with Crippen LogP contribution in [0.3, 0.4) is 0 Å². The van der Waals surface area contributed by atoms with Crippen LogP contribution in [-0.4, -0.2) is 23.6 Å². The molecule has 1 aliphatic carbocycles. The Labute approximate surface area is 195 Å². The fourth-order valence-electron chi connectivity index (χ4n) is 4.43. The van der Waals surface area contributed by atoms with Gasteiger partial charge in [-0.2, -0.15) is 21.6 Å². The van der Waals surface area contributed by atoms with Crippen molar-refractivity contribution in [2.45, 2.75) is 25.8 Å². The van der Waals surface area contributed by atoms with Crippen LogP contribution in [0.5, 0.6) is 5.75 Å². The van der Waals surface area contributed by atoms with Gasteiger partial charge in [0.15, 0.2) is 0 Å². The van der Waals surface area contributed by atoms with Crippen molar-refractivity contribution in [2.24, 2.45) is 0 Å². The molecular formula is C26H21F3O4S. The number of hydrogen-bond acceptors (Lipinski definition) is 3. The minimum absolute atomic E-state index is 0.437. The molecule has 2 N–H and O–H groups in total. The van der Waals surface area contributed by atoms with Gasteiger partial charge in [0.05, 0.1) is 0 Å². The van der Waals surface area contributed by atoms with Gasteiger partial charge in [0.2, 0.25) is 0 Å². The van der Waals surface area contributed by atoms with Gasteiger partial charge in [0.1, 0.15) is 5.75 Å². The summed E-state index contributed by atoms with van der Waals surface area (Å²) in [5.41, 5.74) is 3.89. The summed E-state index contributed by atoms with van der Waals surface area (Å²) in [6.07, 6.45) is 0.874. The molecule has 0 aliphatic heterocycles. The predicted molar refractivity (Wildman–Crippen MR) is 126 cm³/mol. The second-order valence-corrected chi connectivity index (χ2v) is 9.52. The first-order chi connectivity index (χ1) is 15.9. The Hall–Kier alpha value is -3.36. The highest BCUT2D eigenvalue weighted by molar-refractivity contribution is 7.86. The van der Waals surface area contributed by atoms with E-state index in [1.54, 1.807) is 0 Å². The molecule has 0 saturated heterocycles. The van der Waals surface area contributed by atoms with Crippen molar-refractivity contribution in [2.75, 3.05) is 0 Å². The molecule has 0 bridgehead atoms. The average Bonchev–Trinajstić information content (AvgIpc) is 3.16. The Morgan fingerprint density at radius 1 is 0.794 bits per heavy atom. The van der Waals surface area contributed by atoms with Gasteiger partial charge in [0.25, 0.3) is 0 Å². The van der Waals surface area contributed by atoms with Gasteiger partial charge in [-0.3, -0.25) is 4.55 Å². The largest absolute Gasteiger partial charge is 0.522 e. The molecule has 0 unspecified atom stereocenters. The first-order valence-electron chi connectivity index (χ1n) is 10.4. The number of aromatic hydroxyl groups is 1. The molecule has 4 aromatic carbocycles. The Morgan fingerprint density at radius 3 is 2.03 bits per heavy atom.